The first kappa shape index (κ1) is 18.9. The summed E-state index contributed by atoms with van der Waals surface area (Å²) in [5, 5.41) is 18.4. The zero-order valence-corrected chi connectivity index (χ0v) is 16.4. The van der Waals surface area contributed by atoms with Crippen molar-refractivity contribution >= 4 is 22.5 Å². The largest absolute Gasteiger partial charge is 0.318 e. The number of fused-ring (bicyclic) bond motifs is 1. The van der Waals surface area contributed by atoms with Crippen LogP contribution in [0, 0.1) is 0 Å². The number of carbonyl (C=O) groups is 1. The SMILES string of the molecule is CCCNCc1ccc(Cn2cc(NC(=O)c3n[nH]c4ccccc34)cn2)cc1. The molecule has 4 aromatic rings. The Hall–Kier alpha value is -3.45. The fourth-order valence-corrected chi connectivity index (χ4v) is 3.20. The maximum Gasteiger partial charge on any atom is 0.276 e. The Morgan fingerprint density at radius 2 is 1.90 bits per heavy atom. The van der Waals surface area contributed by atoms with E-state index in [4.69, 9.17) is 0 Å². The zero-order valence-electron chi connectivity index (χ0n) is 16.4. The molecule has 0 saturated carbocycles. The van der Waals surface area contributed by atoms with Crippen molar-refractivity contribution in [3.8, 4) is 0 Å². The number of H-pyrrole nitrogens is 1. The van der Waals surface area contributed by atoms with Crippen LogP contribution in [0.15, 0.2) is 60.9 Å². The van der Waals surface area contributed by atoms with Gasteiger partial charge in [-0.1, -0.05) is 49.4 Å². The molecule has 3 N–H and O–H groups in total. The third-order valence-electron chi connectivity index (χ3n) is 4.70. The van der Waals surface area contributed by atoms with Gasteiger partial charge in [-0.25, -0.2) is 0 Å². The van der Waals surface area contributed by atoms with E-state index in [1.807, 2.05) is 35.1 Å². The normalized spacial score (nSPS) is 11.1. The predicted molar refractivity (Wildman–Crippen MR) is 114 cm³/mol. The molecule has 2 heterocycles. The summed E-state index contributed by atoms with van der Waals surface area (Å²) < 4.78 is 1.81. The minimum atomic E-state index is -0.258. The molecule has 4 rings (SSSR count). The fourth-order valence-electron chi connectivity index (χ4n) is 3.20. The first-order valence-corrected chi connectivity index (χ1v) is 9.78. The van der Waals surface area contributed by atoms with Crippen molar-refractivity contribution in [2.75, 3.05) is 11.9 Å². The molecule has 7 heteroatoms. The van der Waals surface area contributed by atoms with Crippen molar-refractivity contribution in [2.45, 2.75) is 26.4 Å². The number of nitrogens with one attached hydrogen (secondary N) is 3. The van der Waals surface area contributed by atoms with Gasteiger partial charge in [0.05, 0.1) is 23.9 Å². The summed E-state index contributed by atoms with van der Waals surface area (Å²) in [6.45, 7) is 4.71. The van der Waals surface area contributed by atoms with E-state index in [-0.39, 0.29) is 5.91 Å². The number of aromatic amines is 1. The van der Waals surface area contributed by atoms with Crippen molar-refractivity contribution < 1.29 is 4.79 Å². The number of anilines is 1. The van der Waals surface area contributed by atoms with Crippen molar-refractivity contribution in [1.29, 1.82) is 0 Å². The standard InChI is InChI=1S/C22H24N6O/c1-2-11-23-12-16-7-9-17(10-8-16)14-28-15-18(13-24-28)25-22(29)21-19-5-3-4-6-20(19)26-27-21/h3-10,13,15,23H,2,11-12,14H2,1H3,(H,25,29)(H,26,27). The number of hydrogen-bond acceptors (Lipinski definition) is 4. The molecule has 7 nitrogen and oxygen atoms in total. The van der Waals surface area contributed by atoms with Crippen molar-refractivity contribution in [3.05, 3.63) is 77.7 Å². The first-order chi connectivity index (χ1) is 14.2. The van der Waals surface area contributed by atoms with Gasteiger partial charge in [-0.3, -0.25) is 14.6 Å². The number of benzene rings is 2. The van der Waals surface area contributed by atoms with E-state index in [0.717, 1.165) is 36.0 Å². The molecule has 0 unspecified atom stereocenters. The Labute approximate surface area is 169 Å². The summed E-state index contributed by atoms with van der Waals surface area (Å²) >= 11 is 0. The van der Waals surface area contributed by atoms with Gasteiger partial charge in [-0.05, 0) is 30.2 Å². The summed E-state index contributed by atoms with van der Waals surface area (Å²) in [6.07, 6.45) is 4.60. The molecule has 0 aliphatic heterocycles. The van der Waals surface area contributed by atoms with E-state index < -0.39 is 0 Å². The van der Waals surface area contributed by atoms with Gasteiger partial charge in [0.2, 0.25) is 0 Å². The molecule has 148 valence electrons. The van der Waals surface area contributed by atoms with Gasteiger partial charge >= 0.3 is 0 Å². The van der Waals surface area contributed by atoms with Gasteiger partial charge < -0.3 is 10.6 Å². The molecule has 29 heavy (non-hydrogen) atoms. The maximum atomic E-state index is 12.6. The molecule has 0 aliphatic rings. The Balaban J connectivity index is 1.37. The predicted octanol–water partition coefficient (Wildman–Crippen LogP) is 3.56. The Kier molecular flexibility index (Phi) is 5.67. The van der Waals surface area contributed by atoms with Crippen LogP contribution in [0.4, 0.5) is 5.69 Å². The van der Waals surface area contributed by atoms with Crippen LogP contribution in [0.1, 0.15) is 35.0 Å². The number of rotatable bonds is 8. The lowest BCUT2D eigenvalue weighted by atomic mass is 10.1. The third kappa shape index (κ3) is 4.52. The van der Waals surface area contributed by atoms with Gasteiger partial charge in [0, 0.05) is 18.1 Å². The Bertz CT molecular complexity index is 1100. The zero-order chi connectivity index (χ0) is 20.1. The molecular formula is C22H24N6O. The number of hydrogen-bond donors (Lipinski definition) is 3. The first-order valence-electron chi connectivity index (χ1n) is 9.78. The fraction of sp³-hybridized carbons (Fsp3) is 0.227. The molecule has 0 radical (unpaired) electrons. The van der Waals surface area contributed by atoms with Crippen LogP contribution < -0.4 is 10.6 Å². The molecule has 0 aliphatic carbocycles. The summed E-state index contributed by atoms with van der Waals surface area (Å²) in [6, 6.07) is 16.0. The number of nitrogens with zero attached hydrogens (tertiary/aromatic N) is 3. The summed E-state index contributed by atoms with van der Waals surface area (Å²) in [5.41, 5.74) is 4.27. The molecule has 0 spiro atoms. The van der Waals surface area contributed by atoms with Crippen molar-refractivity contribution in [2.24, 2.45) is 0 Å². The minimum Gasteiger partial charge on any atom is -0.318 e. The smallest absolute Gasteiger partial charge is 0.276 e. The second-order valence-corrected chi connectivity index (χ2v) is 6.99. The van der Waals surface area contributed by atoms with Gasteiger partial charge in [0.15, 0.2) is 5.69 Å². The second kappa shape index (κ2) is 8.70. The van der Waals surface area contributed by atoms with E-state index in [9.17, 15) is 4.79 Å². The topological polar surface area (TPSA) is 87.6 Å². The molecule has 0 atom stereocenters. The van der Waals surface area contributed by atoms with Crippen molar-refractivity contribution in [1.82, 2.24) is 25.3 Å². The van der Waals surface area contributed by atoms with Crippen LogP contribution in [0.3, 0.4) is 0 Å². The average molecular weight is 388 g/mol. The number of para-hydroxylation sites is 1. The second-order valence-electron chi connectivity index (χ2n) is 6.99. The van der Waals surface area contributed by atoms with Gasteiger partial charge in [0.25, 0.3) is 5.91 Å². The van der Waals surface area contributed by atoms with Gasteiger partial charge in [-0.2, -0.15) is 10.2 Å². The minimum absolute atomic E-state index is 0.258. The highest BCUT2D eigenvalue weighted by atomic mass is 16.2. The molecule has 0 saturated heterocycles. The molecule has 2 aromatic carbocycles. The molecule has 1 amide bonds. The van der Waals surface area contributed by atoms with Gasteiger partial charge in [0.1, 0.15) is 0 Å². The van der Waals surface area contributed by atoms with Crippen LogP contribution in [-0.2, 0) is 13.1 Å². The highest BCUT2D eigenvalue weighted by Gasteiger charge is 2.14. The summed E-state index contributed by atoms with van der Waals surface area (Å²) in [4.78, 5) is 12.6. The molecular weight excluding hydrogens is 364 g/mol. The molecule has 0 bridgehead atoms. The third-order valence-corrected chi connectivity index (χ3v) is 4.70. The average Bonchev–Trinajstić information content (AvgIpc) is 3.36. The van der Waals surface area contributed by atoms with E-state index in [1.54, 1.807) is 6.20 Å². The highest BCUT2D eigenvalue weighted by Crippen LogP contribution is 2.17. The van der Waals surface area contributed by atoms with E-state index in [1.165, 1.54) is 5.56 Å². The lowest BCUT2D eigenvalue weighted by Crippen LogP contribution is -2.13. The maximum absolute atomic E-state index is 12.6. The van der Waals surface area contributed by atoms with Crippen molar-refractivity contribution in [3.63, 3.8) is 0 Å². The quantitative estimate of drug-likeness (QED) is 0.403. The van der Waals surface area contributed by atoms with E-state index in [2.05, 4.69) is 57.1 Å². The molecule has 2 aromatic heterocycles. The van der Waals surface area contributed by atoms with Crippen LogP contribution in [0.25, 0.3) is 10.9 Å². The van der Waals surface area contributed by atoms with Crippen LogP contribution in [0.2, 0.25) is 0 Å². The highest BCUT2D eigenvalue weighted by molar-refractivity contribution is 6.10. The summed E-state index contributed by atoms with van der Waals surface area (Å²) in [7, 11) is 0. The Morgan fingerprint density at radius 3 is 2.72 bits per heavy atom. The number of aromatic nitrogens is 4. The lowest BCUT2D eigenvalue weighted by molar-refractivity contribution is 0.102. The van der Waals surface area contributed by atoms with Crippen LogP contribution >= 0.6 is 0 Å². The number of carbonyl (C=O) groups excluding carboxylic acids is 1. The van der Waals surface area contributed by atoms with Gasteiger partial charge in [-0.15, -0.1) is 0 Å². The molecule has 0 fully saturated rings. The van der Waals surface area contributed by atoms with Crippen LogP contribution in [-0.4, -0.2) is 32.4 Å². The lowest BCUT2D eigenvalue weighted by Gasteiger charge is -2.06. The number of amides is 1. The summed E-state index contributed by atoms with van der Waals surface area (Å²) in [5.74, 6) is -0.258. The Morgan fingerprint density at radius 1 is 1.10 bits per heavy atom. The monoisotopic (exact) mass is 388 g/mol. The van der Waals surface area contributed by atoms with E-state index >= 15 is 0 Å². The van der Waals surface area contributed by atoms with E-state index in [0.29, 0.717) is 17.9 Å². The van der Waals surface area contributed by atoms with Crippen LogP contribution in [0.5, 0.6) is 0 Å².